The molecule has 3 aromatic heterocycles. The molecule has 1 aromatic carbocycles. The van der Waals surface area contributed by atoms with E-state index in [-0.39, 0.29) is 11.8 Å². The van der Waals surface area contributed by atoms with Gasteiger partial charge >= 0.3 is 0 Å². The van der Waals surface area contributed by atoms with Gasteiger partial charge in [-0.2, -0.15) is 9.50 Å². The molecular weight excluding hydrogens is 418 g/mol. The van der Waals surface area contributed by atoms with Crippen molar-refractivity contribution >= 4 is 28.9 Å². The first-order valence-electron chi connectivity index (χ1n) is 11.2. The van der Waals surface area contributed by atoms with Crippen LogP contribution in [0.5, 0.6) is 0 Å². The number of aryl methyl sites for hydroxylation is 1. The molecule has 0 atom stereocenters. The van der Waals surface area contributed by atoms with Gasteiger partial charge in [-0.25, -0.2) is 4.98 Å². The molecule has 0 bridgehead atoms. The Morgan fingerprint density at radius 2 is 1.82 bits per heavy atom. The van der Waals surface area contributed by atoms with Crippen molar-refractivity contribution in [3.05, 3.63) is 54.4 Å². The highest BCUT2D eigenvalue weighted by Gasteiger charge is 2.23. The number of furan rings is 1. The summed E-state index contributed by atoms with van der Waals surface area (Å²) in [7, 11) is 0. The molecule has 170 valence electrons. The van der Waals surface area contributed by atoms with Crippen molar-refractivity contribution in [1.82, 2.24) is 24.5 Å². The summed E-state index contributed by atoms with van der Waals surface area (Å²) in [4.78, 5) is 25.5. The van der Waals surface area contributed by atoms with Gasteiger partial charge in [0.1, 0.15) is 5.82 Å². The van der Waals surface area contributed by atoms with Gasteiger partial charge in [0.25, 0.3) is 5.78 Å². The Balaban J connectivity index is 1.31. The van der Waals surface area contributed by atoms with Crippen LogP contribution in [0.2, 0.25) is 0 Å². The molecule has 4 heterocycles. The zero-order valence-electron chi connectivity index (χ0n) is 19.0. The van der Waals surface area contributed by atoms with Crippen LogP contribution in [0.4, 0.5) is 17.2 Å². The van der Waals surface area contributed by atoms with E-state index in [2.05, 4.69) is 37.4 Å². The number of hydrogen-bond donors (Lipinski definition) is 1. The molecule has 9 nitrogen and oxygen atoms in total. The minimum Gasteiger partial charge on any atom is -0.461 e. The van der Waals surface area contributed by atoms with Crippen molar-refractivity contribution < 1.29 is 9.21 Å². The number of rotatable bonds is 5. The Labute approximate surface area is 192 Å². The van der Waals surface area contributed by atoms with E-state index in [0.29, 0.717) is 17.4 Å². The molecule has 9 heteroatoms. The highest BCUT2D eigenvalue weighted by molar-refractivity contribution is 5.78. The van der Waals surface area contributed by atoms with Crippen LogP contribution in [-0.4, -0.2) is 56.6 Å². The molecule has 0 saturated carbocycles. The molecule has 5 rings (SSSR count). The fraction of sp³-hybridized carbons (Fsp3) is 0.333. The Morgan fingerprint density at radius 1 is 1.06 bits per heavy atom. The maximum absolute atomic E-state index is 12.2. The maximum atomic E-state index is 12.2. The summed E-state index contributed by atoms with van der Waals surface area (Å²) < 4.78 is 7.11. The van der Waals surface area contributed by atoms with Gasteiger partial charge in [0, 0.05) is 55.2 Å². The number of piperazine rings is 1. The number of anilines is 3. The Kier molecular flexibility index (Phi) is 5.45. The average molecular weight is 446 g/mol. The molecule has 1 fully saturated rings. The lowest BCUT2D eigenvalue weighted by molar-refractivity contribution is -0.134. The van der Waals surface area contributed by atoms with Crippen molar-refractivity contribution in [2.24, 2.45) is 5.92 Å². The maximum Gasteiger partial charge on any atom is 0.255 e. The van der Waals surface area contributed by atoms with E-state index in [1.54, 1.807) is 10.8 Å². The molecular formula is C24H27N7O2. The number of aromatic nitrogens is 4. The lowest BCUT2D eigenvalue weighted by Gasteiger charge is -2.37. The number of fused-ring (bicyclic) bond motifs is 1. The topological polar surface area (TPSA) is 91.8 Å². The first-order chi connectivity index (χ1) is 16.0. The summed E-state index contributed by atoms with van der Waals surface area (Å²) in [6.45, 7) is 9.03. The molecule has 0 unspecified atom stereocenters. The molecule has 0 spiro atoms. The smallest absolute Gasteiger partial charge is 0.255 e. The van der Waals surface area contributed by atoms with Crippen molar-refractivity contribution in [3.63, 3.8) is 0 Å². The van der Waals surface area contributed by atoms with Crippen LogP contribution in [0, 0.1) is 12.8 Å². The molecule has 4 aromatic rings. The van der Waals surface area contributed by atoms with E-state index in [9.17, 15) is 4.79 Å². The first-order valence-corrected chi connectivity index (χ1v) is 11.2. The molecule has 1 saturated heterocycles. The zero-order chi connectivity index (χ0) is 22.9. The third kappa shape index (κ3) is 4.26. The third-order valence-corrected chi connectivity index (χ3v) is 5.77. The summed E-state index contributed by atoms with van der Waals surface area (Å²) in [5.41, 5.74) is 2.93. The lowest BCUT2D eigenvalue weighted by Crippen LogP contribution is -2.49. The summed E-state index contributed by atoms with van der Waals surface area (Å²) in [5, 5.41) is 7.99. The minimum atomic E-state index is 0.0466. The SMILES string of the molecule is Cc1cc(Nc2ccc(N3CCN(C(=O)C(C)C)CC3)cc2)n2nc(-c3ccco3)nc2n1. The molecule has 33 heavy (non-hydrogen) atoms. The van der Waals surface area contributed by atoms with Crippen LogP contribution in [0.15, 0.2) is 53.1 Å². The standard InChI is InChI=1S/C24H27N7O2/c1-16(2)23(32)30-12-10-29(11-13-30)19-8-6-18(7-9-19)26-21-15-17(3)25-24-27-22(28-31(21)24)20-5-4-14-33-20/h4-9,14-16,26H,10-13H2,1-3H3. The number of carbonyl (C=O) groups excluding carboxylic acids is 1. The molecule has 0 radical (unpaired) electrons. The van der Waals surface area contributed by atoms with E-state index in [1.165, 1.54) is 0 Å². The van der Waals surface area contributed by atoms with Gasteiger partial charge in [-0.05, 0) is 43.3 Å². The van der Waals surface area contributed by atoms with Crippen LogP contribution in [-0.2, 0) is 4.79 Å². The number of amides is 1. The van der Waals surface area contributed by atoms with Gasteiger partial charge in [-0.1, -0.05) is 13.8 Å². The van der Waals surface area contributed by atoms with Gasteiger partial charge < -0.3 is 19.5 Å². The minimum absolute atomic E-state index is 0.0466. The number of hydrogen-bond acceptors (Lipinski definition) is 7. The van der Waals surface area contributed by atoms with E-state index in [0.717, 1.165) is 49.1 Å². The van der Waals surface area contributed by atoms with Crippen molar-refractivity contribution in [3.8, 4) is 11.6 Å². The quantitative estimate of drug-likeness (QED) is 0.500. The van der Waals surface area contributed by atoms with E-state index < -0.39 is 0 Å². The van der Waals surface area contributed by atoms with Gasteiger partial charge in [0.15, 0.2) is 5.76 Å². The third-order valence-electron chi connectivity index (χ3n) is 5.77. The lowest BCUT2D eigenvalue weighted by atomic mass is 10.1. The number of nitrogens with one attached hydrogen (secondary N) is 1. The van der Waals surface area contributed by atoms with Crippen molar-refractivity contribution in [2.45, 2.75) is 20.8 Å². The van der Waals surface area contributed by atoms with Crippen LogP contribution in [0.25, 0.3) is 17.4 Å². The summed E-state index contributed by atoms with van der Waals surface area (Å²) in [5.74, 6) is 2.66. The van der Waals surface area contributed by atoms with Gasteiger partial charge in [-0.3, -0.25) is 4.79 Å². The summed E-state index contributed by atoms with van der Waals surface area (Å²) >= 11 is 0. The monoisotopic (exact) mass is 445 g/mol. The number of nitrogens with zero attached hydrogens (tertiary/aromatic N) is 6. The highest BCUT2D eigenvalue weighted by Crippen LogP contribution is 2.24. The van der Waals surface area contributed by atoms with Gasteiger partial charge in [0.2, 0.25) is 11.7 Å². The predicted octanol–water partition coefficient (Wildman–Crippen LogP) is 3.74. The second-order valence-corrected chi connectivity index (χ2v) is 8.55. The summed E-state index contributed by atoms with van der Waals surface area (Å²) in [6, 6.07) is 13.9. The van der Waals surface area contributed by atoms with Crippen LogP contribution < -0.4 is 10.2 Å². The zero-order valence-corrected chi connectivity index (χ0v) is 19.0. The Bertz CT molecular complexity index is 1250. The van der Waals surface area contributed by atoms with Crippen LogP contribution >= 0.6 is 0 Å². The molecule has 1 amide bonds. The van der Waals surface area contributed by atoms with Gasteiger partial charge in [0.05, 0.1) is 6.26 Å². The molecule has 1 aliphatic heterocycles. The van der Waals surface area contributed by atoms with Gasteiger partial charge in [-0.15, -0.1) is 5.10 Å². The highest BCUT2D eigenvalue weighted by atomic mass is 16.3. The normalized spacial score (nSPS) is 14.3. The van der Waals surface area contributed by atoms with E-state index >= 15 is 0 Å². The van der Waals surface area contributed by atoms with Crippen LogP contribution in [0.1, 0.15) is 19.5 Å². The molecule has 1 N–H and O–H groups in total. The second-order valence-electron chi connectivity index (χ2n) is 8.55. The van der Waals surface area contributed by atoms with E-state index in [4.69, 9.17) is 4.42 Å². The van der Waals surface area contributed by atoms with Crippen molar-refractivity contribution in [1.29, 1.82) is 0 Å². The van der Waals surface area contributed by atoms with Crippen molar-refractivity contribution in [2.75, 3.05) is 36.4 Å². The fourth-order valence-corrected chi connectivity index (χ4v) is 4.04. The Morgan fingerprint density at radius 3 is 2.48 bits per heavy atom. The second kappa shape index (κ2) is 8.57. The largest absolute Gasteiger partial charge is 0.461 e. The number of benzene rings is 1. The number of carbonyl (C=O) groups is 1. The van der Waals surface area contributed by atoms with E-state index in [1.807, 2.05) is 56.0 Å². The summed E-state index contributed by atoms with van der Waals surface area (Å²) in [6.07, 6.45) is 1.60. The van der Waals surface area contributed by atoms with Crippen LogP contribution in [0.3, 0.4) is 0 Å². The fourth-order valence-electron chi connectivity index (χ4n) is 4.04. The average Bonchev–Trinajstić information content (AvgIpc) is 3.49. The first kappa shape index (κ1) is 21.0. The predicted molar refractivity (Wildman–Crippen MR) is 127 cm³/mol. The molecule has 0 aliphatic carbocycles. The Hall–Kier alpha value is -3.88. The molecule has 1 aliphatic rings.